The maximum absolute atomic E-state index is 2.53. The lowest BCUT2D eigenvalue weighted by molar-refractivity contribution is 0.535. The first-order valence-electron chi connectivity index (χ1n) is 24.1. The molecule has 0 spiro atoms. The Labute approximate surface area is 366 Å². The zero-order chi connectivity index (χ0) is 40.1. The van der Waals surface area contributed by atoms with E-state index in [2.05, 4.69) is 65.0 Å². The van der Waals surface area contributed by atoms with Crippen LogP contribution in [0.5, 0.6) is 0 Å². The van der Waals surface area contributed by atoms with Crippen molar-refractivity contribution in [1.82, 2.24) is 0 Å². The van der Waals surface area contributed by atoms with Crippen LogP contribution < -0.4 is 0 Å². The molecule has 0 N–H and O–H groups in total. The molecule has 5 aromatic rings. The van der Waals surface area contributed by atoms with Crippen molar-refractivity contribution in [2.45, 2.75) is 227 Å². The van der Waals surface area contributed by atoms with Gasteiger partial charge in [-0.1, -0.05) is 181 Å². The van der Waals surface area contributed by atoms with Gasteiger partial charge >= 0.3 is 0 Å². The minimum absolute atomic E-state index is 1.23. The number of benzene rings is 1. The Morgan fingerprint density at radius 2 is 0.737 bits per heavy atom. The summed E-state index contributed by atoms with van der Waals surface area (Å²) in [5, 5.41) is 2.90. The van der Waals surface area contributed by atoms with E-state index in [0.29, 0.717) is 0 Å². The third-order valence-corrected chi connectivity index (χ3v) is 17.4. The van der Waals surface area contributed by atoms with Gasteiger partial charge in [0.25, 0.3) is 0 Å². The molecule has 316 valence electrons. The zero-order valence-electron chi connectivity index (χ0n) is 37.2. The first-order valence-corrected chi connectivity index (χ1v) is 27.4. The number of rotatable bonds is 32. The molecule has 0 bridgehead atoms. The molecule has 57 heavy (non-hydrogen) atoms. The molecule has 0 atom stereocenters. The molecule has 5 rings (SSSR count). The van der Waals surface area contributed by atoms with Gasteiger partial charge in [-0.3, -0.25) is 0 Å². The lowest BCUT2D eigenvalue weighted by atomic mass is 10.0. The SMILES string of the molecule is CCCCCCCCCCCCCCCCc1cc(C)sc1-c1cc2c(C)c3sc(-c4sc(C)cc4CCCCCCCCCCCCCCCC)cc3cc2s1. The van der Waals surface area contributed by atoms with Crippen molar-refractivity contribution in [3.8, 4) is 19.5 Å². The highest BCUT2D eigenvalue weighted by Crippen LogP contribution is 2.47. The first kappa shape index (κ1) is 46.6. The average molecular weight is 845 g/mol. The molecule has 0 fully saturated rings. The van der Waals surface area contributed by atoms with Crippen LogP contribution in [0.4, 0.5) is 0 Å². The fourth-order valence-electron chi connectivity index (χ4n) is 9.04. The fraction of sp³-hybridized carbons (Fsp3) is 0.660. The van der Waals surface area contributed by atoms with E-state index in [9.17, 15) is 0 Å². The lowest BCUT2D eigenvalue weighted by Crippen LogP contribution is -1.87. The molecule has 0 aliphatic carbocycles. The predicted molar refractivity (Wildman–Crippen MR) is 266 cm³/mol. The van der Waals surface area contributed by atoms with E-state index in [1.165, 1.54) is 248 Å². The number of hydrogen-bond donors (Lipinski definition) is 0. The molecule has 0 saturated heterocycles. The molecule has 4 heterocycles. The summed E-state index contributed by atoms with van der Waals surface area (Å²) in [6, 6.07) is 12.5. The lowest BCUT2D eigenvalue weighted by Gasteiger charge is -2.04. The van der Waals surface area contributed by atoms with Gasteiger partial charge in [-0.25, -0.2) is 0 Å². The highest BCUT2D eigenvalue weighted by molar-refractivity contribution is 7.27. The van der Waals surface area contributed by atoms with Crippen molar-refractivity contribution >= 4 is 65.5 Å². The molecular weight excluding hydrogens is 765 g/mol. The monoisotopic (exact) mass is 845 g/mol. The maximum atomic E-state index is 2.53. The topological polar surface area (TPSA) is 0 Å². The van der Waals surface area contributed by atoms with E-state index in [4.69, 9.17) is 0 Å². The van der Waals surface area contributed by atoms with Gasteiger partial charge in [0.05, 0.1) is 0 Å². The number of aryl methyl sites for hydroxylation is 5. The molecule has 1 aromatic carbocycles. The van der Waals surface area contributed by atoms with E-state index >= 15 is 0 Å². The summed E-state index contributed by atoms with van der Waals surface area (Å²) < 4.78 is 2.94. The molecular formula is C53H80S4. The van der Waals surface area contributed by atoms with Crippen LogP contribution in [0.25, 0.3) is 39.7 Å². The summed E-state index contributed by atoms with van der Waals surface area (Å²) >= 11 is 8.10. The molecule has 0 nitrogen and oxygen atoms in total. The standard InChI is InChI=1S/C53H80S4/c1-6-8-10-12-14-16-18-20-22-24-26-28-30-32-34-44-36-41(3)54-52(44)49-39-46-38-48-47(43(5)51(46)57-49)40-50(56-48)53-45(37-42(4)55-53)35-33-31-29-27-25-23-21-19-17-15-13-11-9-7-2/h36-40H,6-35H2,1-5H3. The van der Waals surface area contributed by atoms with E-state index in [1.54, 1.807) is 11.1 Å². The van der Waals surface area contributed by atoms with Crippen molar-refractivity contribution in [2.24, 2.45) is 0 Å². The van der Waals surface area contributed by atoms with E-state index < -0.39 is 0 Å². The van der Waals surface area contributed by atoms with Gasteiger partial charge in [0, 0.05) is 38.7 Å². The van der Waals surface area contributed by atoms with E-state index in [1.807, 2.05) is 45.3 Å². The van der Waals surface area contributed by atoms with Crippen molar-refractivity contribution < 1.29 is 0 Å². The van der Waals surface area contributed by atoms with Crippen molar-refractivity contribution in [2.75, 3.05) is 0 Å². The number of unbranched alkanes of at least 4 members (excludes halogenated alkanes) is 26. The highest BCUT2D eigenvalue weighted by atomic mass is 32.1. The first-order chi connectivity index (χ1) is 28.0. The average Bonchev–Trinajstić information content (AvgIpc) is 4.00. The number of hydrogen-bond acceptors (Lipinski definition) is 4. The fourth-order valence-corrected chi connectivity index (χ4v) is 13.8. The Balaban J connectivity index is 1.06. The largest absolute Gasteiger partial charge is 0.139 e. The zero-order valence-corrected chi connectivity index (χ0v) is 40.5. The van der Waals surface area contributed by atoms with Crippen LogP contribution in [0.2, 0.25) is 0 Å². The van der Waals surface area contributed by atoms with E-state index in [-0.39, 0.29) is 0 Å². The highest BCUT2D eigenvalue weighted by Gasteiger charge is 2.18. The Hall–Kier alpha value is -1.46. The summed E-state index contributed by atoms with van der Waals surface area (Å²) in [6.45, 7) is 11.6. The van der Waals surface area contributed by atoms with Crippen molar-refractivity contribution in [1.29, 1.82) is 0 Å². The maximum Gasteiger partial charge on any atom is 0.0477 e. The minimum Gasteiger partial charge on any atom is -0.139 e. The van der Waals surface area contributed by atoms with Crippen LogP contribution in [0.3, 0.4) is 0 Å². The van der Waals surface area contributed by atoms with Crippen LogP contribution in [-0.4, -0.2) is 0 Å². The Morgan fingerprint density at radius 3 is 1.14 bits per heavy atom. The van der Waals surface area contributed by atoms with Crippen LogP contribution in [0.15, 0.2) is 30.3 Å². The van der Waals surface area contributed by atoms with Crippen LogP contribution in [0, 0.1) is 20.8 Å². The molecule has 0 aliphatic rings. The van der Waals surface area contributed by atoms with Gasteiger partial charge in [-0.05, 0) is 104 Å². The Morgan fingerprint density at radius 1 is 0.368 bits per heavy atom. The van der Waals surface area contributed by atoms with E-state index in [0.717, 1.165) is 0 Å². The second-order valence-corrected chi connectivity index (χ2v) is 22.3. The normalized spacial score (nSPS) is 11.9. The van der Waals surface area contributed by atoms with Crippen LogP contribution >= 0.6 is 45.3 Å². The van der Waals surface area contributed by atoms with Crippen LogP contribution in [-0.2, 0) is 12.8 Å². The second-order valence-electron chi connectivity index (χ2n) is 17.7. The molecule has 0 radical (unpaired) electrons. The number of thiophene rings is 4. The van der Waals surface area contributed by atoms with Gasteiger partial charge in [0.15, 0.2) is 0 Å². The molecule has 0 amide bonds. The number of fused-ring (bicyclic) bond motifs is 2. The van der Waals surface area contributed by atoms with Gasteiger partial charge in [-0.2, -0.15) is 0 Å². The van der Waals surface area contributed by atoms with Crippen molar-refractivity contribution in [3.05, 3.63) is 56.8 Å². The van der Waals surface area contributed by atoms with Crippen molar-refractivity contribution in [3.63, 3.8) is 0 Å². The Bertz CT molecular complexity index is 1700. The summed E-state index contributed by atoms with van der Waals surface area (Å²) in [5.74, 6) is 0. The van der Waals surface area contributed by atoms with Crippen LogP contribution in [0.1, 0.15) is 220 Å². The second kappa shape index (κ2) is 26.7. The summed E-state index contributed by atoms with van der Waals surface area (Å²) in [5.41, 5.74) is 4.65. The molecule has 4 aromatic heterocycles. The van der Waals surface area contributed by atoms with Gasteiger partial charge in [0.2, 0.25) is 0 Å². The molecule has 0 saturated carbocycles. The third-order valence-electron chi connectivity index (χ3n) is 12.5. The summed E-state index contributed by atoms with van der Waals surface area (Å²) in [4.78, 5) is 8.95. The Kier molecular flexibility index (Phi) is 21.8. The molecule has 4 heteroatoms. The summed E-state index contributed by atoms with van der Waals surface area (Å²) in [6.07, 6.45) is 42.3. The smallest absolute Gasteiger partial charge is 0.0477 e. The molecule has 0 unspecified atom stereocenters. The minimum atomic E-state index is 1.23. The van der Waals surface area contributed by atoms with Gasteiger partial charge in [0.1, 0.15) is 0 Å². The summed E-state index contributed by atoms with van der Waals surface area (Å²) in [7, 11) is 0. The van der Waals surface area contributed by atoms with Gasteiger partial charge < -0.3 is 0 Å². The quantitative estimate of drug-likeness (QED) is 0.0378. The predicted octanol–water partition coefficient (Wildman–Crippen LogP) is 20.5. The van der Waals surface area contributed by atoms with Gasteiger partial charge in [-0.15, -0.1) is 45.3 Å². The third kappa shape index (κ3) is 15.5. The molecule has 0 aliphatic heterocycles.